The second kappa shape index (κ2) is 4.53. The first-order valence-corrected chi connectivity index (χ1v) is 5.93. The van der Waals surface area contributed by atoms with Crippen molar-refractivity contribution in [2.75, 3.05) is 25.0 Å². The number of hydrogen-bond acceptors (Lipinski definition) is 6. The lowest BCUT2D eigenvalue weighted by Crippen LogP contribution is -2.37. The van der Waals surface area contributed by atoms with E-state index in [1.165, 1.54) is 6.33 Å². The van der Waals surface area contributed by atoms with Gasteiger partial charge in [0, 0.05) is 13.6 Å². The van der Waals surface area contributed by atoms with Crippen LogP contribution in [0.15, 0.2) is 10.9 Å². The predicted molar refractivity (Wildman–Crippen MR) is 70.4 cm³/mol. The Balaban J connectivity index is 2.39. The summed E-state index contributed by atoms with van der Waals surface area (Å²) in [6, 6.07) is 0. The number of aryl methyl sites for hydroxylation is 1. The van der Waals surface area contributed by atoms with Crippen LogP contribution in [0, 0.1) is 12.3 Å². The van der Waals surface area contributed by atoms with Crippen molar-refractivity contribution in [2.24, 2.45) is 11.1 Å². The van der Waals surface area contributed by atoms with Crippen molar-refractivity contribution in [1.82, 2.24) is 15.1 Å². The average molecular weight is 249 g/mol. The Morgan fingerprint density at radius 3 is 2.78 bits per heavy atom. The highest BCUT2D eigenvalue weighted by atomic mass is 16.5. The fourth-order valence-electron chi connectivity index (χ4n) is 1.97. The molecule has 6 nitrogen and oxygen atoms in total. The van der Waals surface area contributed by atoms with E-state index >= 15 is 0 Å². The van der Waals surface area contributed by atoms with Crippen LogP contribution in [0.25, 0.3) is 11.1 Å². The minimum absolute atomic E-state index is 0.0249. The maximum absolute atomic E-state index is 5.76. The number of rotatable bonds is 4. The summed E-state index contributed by atoms with van der Waals surface area (Å²) in [7, 11) is 1.99. The maximum atomic E-state index is 5.76. The fraction of sp³-hybridized carbons (Fsp3) is 0.583. The summed E-state index contributed by atoms with van der Waals surface area (Å²) < 4.78 is 5.14. The molecule has 0 unspecified atom stereocenters. The molecule has 0 amide bonds. The van der Waals surface area contributed by atoms with Gasteiger partial charge in [0.2, 0.25) is 0 Å². The van der Waals surface area contributed by atoms with E-state index in [-0.39, 0.29) is 5.41 Å². The van der Waals surface area contributed by atoms with Crippen LogP contribution in [0.5, 0.6) is 0 Å². The molecule has 0 fully saturated rings. The SMILES string of the molecule is Cc1noc2ncnc(N(C)CC(C)(C)CN)c12. The molecule has 98 valence electrons. The number of aromatic nitrogens is 3. The van der Waals surface area contributed by atoms with E-state index in [2.05, 4.69) is 33.9 Å². The van der Waals surface area contributed by atoms with Crippen LogP contribution >= 0.6 is 0 Å². The lowest BCUT2D eigenvalue weighted by Gasteiger charge is -2.29. The quantitative estimate of drug-likeness (QED) is 0.880. The van der Waals surface area contributed by atoms with Gasteiger partial charge in [-0.05, 0) is 18.9 Å². The first kappa shape index (κ1) is 12.8. The van der Waals surface area contributed by atoms with Gasteiger partial charge in [-0.25, -0.2) is 4.98 Å². The van der Waals surface area contributed by atoms with Gasteiger partial charge < -0.3 is 15.2 Å². The predicted octanol–water partition coefficient (Wildman–Crippen LogP) is 1.35. The number of anilines is 1. The molecule has 2 aromatic heterocycles. The Labute approximate surface area is 106 Å². The Bertz CT molecular complexity index is 548. The van der Waals surface area contributed by atoms with E-state index in [0.29, 0.717) is 12.3 Å². The lowest BCUT2D eigenvalue weighted by atomic mass is 9.93. The Kier molecular flexibility index (Phi) is 3.21. The van der Waals surface area contributed by atoms with E-state index in [1.54, 1.807) is 0 Å². The molecule has 2 heterocycles. The van der Waals surface area contributed by atoms with Gasteiger partial charge in [0.15, 0.2) is 0 Å². The molecule has 0 atom stereocenters. The Morgan fingerprint density at radius 2 is 2.11 bits per heavy atom. The molecule has 18 heavy (non-hydrogen) atoms. The summed E-state index contributed by atoms with van der Waals surface area (Å²) in [6.45, 7) is 7.57. The lowest BCUT2D eigenvalue weighted by molar-refractivity contribution is 0.384. The topological polar surface area (TPSA) is 81.1 Å². The summed E-state index contributed by atoms with van der Waals surface area (Å²) in [5.74, 6) is 0.834. The molecule has 0 aliphatic heterocycles. The summed E-state index contributed by atoms with van der Waals surface area (Å²) in [5, 5.41) is 4.79. The second-order valence-corrected chi connectivity index (χ2v) is 5.37. The first-order valence-electron chi connectivity index (χ1n) is 5.93. The van der Waals surface area contributed by atoms with Crippen molar-refractivity contribution < 1.29 is 4.52 Å². The fourth-order valence-corrected chi connectivity index (χ4v) is 1.97. The van der Waals surface area contributed by atoms with Gasteiger partial charge in [0.25, 0.3) is 5.71 Å². The standard InChI is InChI=1S/C12H19N5O/c1-8-9-10(14-7-15-11(9)18-16-8)17(4)6-12(2,3)5-13/h7H,5-6,13H2,1-4H3. The number of hydrogen-bond donors (Lipinski definition) is 1. The van der Waals surface area contributed by atoms with E-state index in [4.69, 9.17) is 10.3 Å². The highest BCUT2D eigenvalue weighted by Crippen LogP contribution is 2.27. The third-order valence-corrected chi connectivity index (χ3v) is 3.00. The average Bonchev–Trinajstić information content (AvgIpc) is 2.71. The van der Waals surface area contributed by atoms with Crippen LogP contribution in [0.3, 0.4) is 0 Å². The van der Waals surface area contributed by atoms with E-state index in [9.17, 15) is 0 Å². The molecule has 2 rings (SSSR count). The molecule has 0 radical (unpaired) electrons. The molecule has 0 spiro atoms. The van der Waals surface area contributed by atoms with E-state index in [1.807, 2.05) is 14.0 Å². The van der Waals surface area contributed by atoms with Gasteiger partial charge >= 0.3 is 0 Å². The highest BCUT2D eigenvalue weighted by Gasteiger charge is 2.22. The summed E-state index contributed by atoms with van der Waals surface area (Å²) in [6.07, 6.45) is 1.49. The van der Waals surface area contributed by atoms with Gasteiger partial charge in [-0.2, -0.15) is 4.98 Å². The van der Waals surface area contributed by atoms with Crippen molar-refractivity contribution in [2.45, 2.75) is 20.8 Å². The molecule has 0 aromatic carbocycles. The smallest absolute Gasteiger partial charge is 0.263 e. The molecule has 0 aliphatic carbocycles. The maximum Gasteiger partial charge on any atom is 0.263 e. The first-order chi connectivity index (χ1) is 8.44. The zero-order valence-corrected chi connectivity index (χ0v) is 11.3. The van der Waals surface area contributed by atoms with Gasteiger partial charge in [-0.3, -0.25) is 0 Å². The van der Waals surface area contributed by atoms with Crippen LogP contribution < -0.4 is 10.6 Å². The third kappa shape index (κ3) is 2.28. The molecule has 0 saturated heterocycles. The second-order valence-electron chi connectivity index (χ2n) is 5.37. The molecule has 0 aliphatic rings. The molecular formula is C12H19N5O. The van der Waals surface area contributed by atoms with Gasteiger partial charge in [-0.15, -0.1) is 0 Å². The van der Waals surface area contributed by atoms with Crippen molar-refractivity contribution in [3.63, 3.8) is 0 Å². The van der Waals surface area contributed by atoms with Crippen LogP contribution in [0.4, 0.5) is 5.82 Å². The van der Waals surface area contributed by atoms with Gasteiger partial charge in [-0.1, -0.05) is 19.0 Å². The summed E-state index contributed by atoms with van der Waals surface area (Å²) >= 11 is 0. The van der Waals surface area contributed by atoms with Crippen molar-refractivity contribution in [3.8, 4) is 0 Å². The largest absolute Gasteiger partial charge is 0.358 e. The minimum Gasteiger partial charge on any atom is -0.358 e. The van der Waals surface area contributed by atoms with Crippen molar-refractivity contribution in [1.29, 1.82) is 0 Å². The highest BCUT2D eigenvalue weighted by molar-refractivity contribution is 5.87. The van der Waals surface area contributed by atoms with Crippen molar-refractivity contribution >= 4 is 16.9 Å². The van der Waals surface area contributed by atoms with Crippen LogP contribution in [-0.4, -0.2) is 35.3 Å². The third-order valence-electron chi connectivity index (χ3n) is 3.00. The van der Waals surface area contributed by atoms with Gasteiger partial charge in [0.05, 0.1) is 5.69 Å². The number of fused-ring (bicyclic) bond motifs is 1. The van der Waals surface area contributed by atoms with E-state index in [0.717, 1.165) is 23.4 Å². The van der Waals surface area contributed by atoms with Gasteiger partial charge in [0.1, 0.15) is 17.5 Å². The Hall–Kier alpha value is -1.69. The van der Waals surface area contributed by atoms with E-state index < -0.39 is 0 Å². The number of nitrogens with zero attached hydrogens (tertiary/aromatic N) is 4. The molecular weight excluding hydrogens is 230 g/mol. The monoisotopic (exact) mass is 249 g/mol. The summed E-state index contributed by atoms with van der Waals surface area (Å²) in [5.41, 5.74) is 7.12. The van der Waals surface area contributed by atoms with Crippen LogP contribution in [-0.2, 0) is 0 Å². The van der Waals surface area contributed by atoms with Crippen LogP contribution in [0.1, 0.15) is 19.5 Å². The minimum atomic E-state index is 0.0249. The zero-order chi connectivity index (χ0) is 13.3. The van der Waals surface area contributed by atoms with Crippen molar-refractivity contribution in [3.05, 3.63) is 12.0 Å². The molecule has 0 bridgehead atoms. The summed E-state index contributed by atoms with van der Waals surface area (Å²) in [4.78, 5) is 10.5. The van der Waals surface area contributed by atoms with Crippen LogP contribution in [0.2, 0.25) is 0 Å². The molecule has 6 heteroatoms. The number of nitrogens with two attached hydrogens (primary N) is 1. The molecule has 2 aromatic rings. The molecule has 2 N–H and O–H groups in total. The zero-order valence-electron chi connectivity index (χ0n) is 11.3. The molecule has 0 saturated carbocycles. The Morgan fingerprint density at radius 1 is 1.39 bits per heavy atom. The normalized spacial score (nSPS) is 12.1.